The molecule has 2 N–H and O–H groups in total. The molecule has 2 rings (SSSR count). The summed E-state index contributed by atoms with van der Waals surface area (Å²) in [6.07, 6.45) is 0. The summed E-state index contributed by atoms with van der Waals surface area (Å²) in [6, 6.07) is 14.0. The van der Waals surface area contributed by atoms with Crippen molar-refractivity contribution >= 4 is 28.6 Å². The monoisotopic (exact) mass is 412 g/mol. The number of rotatable bonds is 1. The van der Waals surface area contributed by atoms with E-state index in [4.69, 9.17) is 9.90 Å². The predicted molar refractivity (Wildman–Crippen MR) is 98.3 cm³/mol. The second-order valence-electron chi connectivity index (χ2n) is 6.01. The van der Waals surface area contributed by atoms with Crippen molar-refractivity contribution in [2.75, 3.05) is 0 Å². The van der Waals surface area contributed by atoms with Crippen molar-refractivity contribution in [1.29, 1.82) is 0 Å². The Morgan fingerprint density at radius 3 is 2.00 bits per heavy atom. The highest BCUT2D eigenvalue weighted by molar-refractivity contribution is 14.1. The van der Waals surface area contributed by atoms with Crippen LogP contribution in [0.3, 0.4) is 0 Å². The van der Waals surface area contributed by atoms with E-state index in [1.54, 1.807) is 6.07 Å². The molecule has 0 aromatic heterocycles. The topological polar surface area (TPSA) is 57.5 Å². The minimum Gasteiger partial charge on any atom is -0.508 e. The molecule has 0 amide bonds. The second kappa shape index (κ2) is 7.63. The molecule has 0 aliphatic rings. The zero-order chi connectivity index (χ0) is 16.9. The van der Waals surface area contributed by atoms with Crippen molar-refractivity contribution < 1.29 is 15.0 Å². The maximum Gasteiger partial charge on any atom is 0.300 e. The van der Waals surface area contributed by atoms with Crippen molar-refractivity contribution in [1.82, 2.24) is 0 Å². The average molecular weight is 412 g/mol. The highest BCUT2D eigenvalue weighted by atomic mass is 127. The lowest BCUT2D eigenvalue weighted by Gasteiger charge is -2.19. The van der Waals surface area contributed by atoms with Crippen LogP contribution in [-0.4, -0.2) is 16.2 Å². The SMILES string of the molecule is CC(=O)O.CC(C)(C)c1ccc(-c2cc(O)ccc2I)cc1. The van der Waals surface area contributed by atoms with Gasteiger partial charge in [-0.15, -0.1) is 0 Å². The van der Waals surface area contributed by atoms with Gasteiger partial charge in [-0.05, 0) is 62.9 Å². The molecule has 2 aromatic rings. The minimum absolute atomic E-state index is 0.171. The van der Waals surface area contributed by atoms with Gasteiger partial charge >= 0.3 is 0 Å². The highest BCUT2D eigenvalue weighted by Gasteiger charge is 2.13. The molecule has 0 saturated heterocycles. The third-order valence-electron chi connectivity index (χ3n) is 3.01. The van der Waals surface area contributed by atoms with Gasteiger partial charge in [0.15, 0.2) is 0 Å². The molecular weight excluding hydrogens is 391 g/mol. The summed E-state index contributed by atoms with van der Waals surface area (Å²) in [4.78, 5) is 9.00. The first-order chi connectivity index (χ1) is 10.1. The lowest BCUT2D eigenvalue weighted by Crippen LogP contribution is -2.10. The molecular formula is C18H21IO3. The van der Waals surface area contributed by atoms with Gasteiger partial charge in [-0.25, -0.2) is 0 Å². The Kier molecular flexibility index (Phi) is 6.41. The Morgan fingerprint density at radius 1 is 1.05 bits per heavy atom. The van der Waals surface area contributed by atoms with Crippen LogP contribution in [0.1, 0.15) is 33.3 Å². The molecule has 3 nitrogen and oxygen atoms in total. The number of aromatic hydroxyl groups is 1. The largest absolute Gasteiger partial charge is 0.508 e. The summed E-state index contributed by atoms with van der Waals surface area (Å²) in [7, 11) is 0. The van der Waals surface area contributed by atoms with E-state index in [0.717, 1.165) is 21.6 Å². The Morgan fingerprint density at radius 2 is 1.55 bits per heavy atom. The van der Waals surface area contributed by atoms with E-state index in [9.17, 15) is 5.11 Å². The quantitative estimate of drug-likeness (QED) is 0.645. The summed E-state index contributed by atoms with van der Waals surface area (Å²) in [5.74, 6) is -0.523. The molecule has 0 atom stereocenters. The van der Waals surface area contributed by atoms with Gasteiger partial charge in [0.2, 0.25) is 0 Å². The highest BCUT2D eigenvalue weighted by Crippen LogP contribution is 2.30. The van der Waals surface area contributed by atoms with Gasteiger partial charge in [0.05, 0.1) is 0 Å². The van der Waals surface area contributed by atoms with Gasteiger partial charge in [-0.3, -0.25) is 4.79 Å². The number of phenols is 1. The van der Waals surface area contributed by atoms with Crippen LogP contribution in [-0.2, 0) is 10.2 Å². The molecule has 2 aromatic carbocycles. The first kappa shape index (κ1) is 18.5. The number of hydrogen-bond donors (Lipinski definition) is 2. The summed E-state index contributed by atoms with van der Waals surface area (Å²) in [5.41, 5.74) is 3.71. The van der Waals surface area contributed by atoms with Crippen molar-refractivity contribution in [3.8, 4) is 16.9 Å². The Hall–Kier alpha value is -1.56. The van der Waals surface area contributed by atoms with Gasteiger partial charge in [0.25, 0.3) is 5.97 Å². The van der Waals surface area contributed by atoms with E-state index in [-0.39, 0.29) is 5.41 Å². The molecule has 118 valence electrons. The maximum absolute atomic E-state index is 9.58. The van der Waals surface area contributed by atoms with Crippen molar-refractivity contribution in [3.05, 3.63) is 51.6 Å². The summed E-state index contributed by atoms with van der Waals surface area (Å²) >= 11 is 2.29. The van der Waals surface area contributed by atoms with Crippen LogP contribution < -0.4 is 0 Å². The first-order valence-corrected chi connectivity index (χ1v) is 7.98. The van der Waals surface area contributed by atoms with Gasteiger partial charge in [-0.1, -0.05) is 45.0 Å². The number of carboxylic acids is 1. The maximum atomic E-state index is 9.58. The predicted octanol–water partition coefficient (Wildman–Crippen LogP) is 5.05. The number of carboxylic acid groups (broad SMARTS) is 1. The number of hydrogen-bond acceptors (Lipinski definition) is 2. The van der Waals surface area contributed by atoms with Crippen molar-refractivity contribution in [2.45, 2.75) is 33.1 Å². The van der Waals surface area contributed by atoms with E-state index in [1.165, 1.54) is 5.56 Å². The van der Waals surface area contributed by atoms with Crippen LogP contribution in [0.15, 0.2) is 42.5 Å². The van der Waals surface area contributed by atoms with Crippen molar-refractivity contribution in [3.63, 3.8) is 0 Å². The lowest BCUT2D eigenvalue weighted by molar-refractivity contribution is -0.134. The normalized spacial score (nSPS) is 10.6. The molecule has 0 saturated carbocycles. The molecule has 4 heteroatoms. The fourth-order valence-corrected chi connectivity index (χ4v) is 2.53. The van der Waals surface area contributed by atoms with Gasteiger partial charge in [0.1, 0.15) is 5.75 Å². The van der Waals surface area contributed by atoms with E-state index in [1.807, 2.05) is 12.1 Å². The fraction of sp³-hybridized carbons (Fsp3) is 0.278. The van der Waals surface area contributed by atoms with Gasteiger partial charge < -0.3 is 10.2 Å². The van der Waals surface area contributed by atoms with Gasteiger partial charge in [-0.2, -0.15) is 0 Å². The molecule has 0 heterocycles. The minimum atomic E-state index is -0.833. The van der Waals surface area contributed by atoms with E-state index < -0.39 is 5.97 Å². The molecule has 0 bridgehead atoms. The number of halogens is 1. The Bertz CT molecular complexity index is 636. The van der Waals surface area contributed by atoms with Crippen LogP contribution in [0, 0.1) is 3.57 Å². The molecule has 0 spiro atoms. The van der Waals surface area contributed by atoms with Crippen LogP contribution in [0.4, 0.5) is 0 Å². The van der Waals surface area contributed by atoms with Crippen LogP contribution in [0.25, 0.3) is 11.1 Å². The zero-order valence-corrected chi connectivity index (χ0v) is 15.4. The molecule has 0 aliphatic heterocycles. The first-order valence-electron chi connectivity index (χ1n) is 6.90. The molecule has 0 fully saturated rings. The van der Waals surface area contributed by atoms with E-state index >= 15 is 0 Å². The summed E-state index contributed by atoms with van der Waals surface area (Å²) < 4.78 is 1.15. The summed E-state index contributed by atoms with van der Waals surface area (Å²) in [6.45, 7) is 7.71. The van der Waals surface area contributed by atoms with Gasteiger partial charge in [0, 0.05) is 10.5 Å². The zero-order valence-electron chi connectivity index (χ0n) is 13.2. The Labute approximate surface area is 145 Å². The standard InChI is InChI=1S/C16H17IO.C2H4O2/c1-16(2,3)12-6-4-11(5-7-12)14-10-13(18)8-9-15(14)17;1-2(3)4/h4-10,18H,1-3H3;1H3,(H,3,4). The third-order valence-corrected chi connectivity index (χ3v) is 3.95. The number of phenolic OH excluding ortho intramolecular Hbond substituents is 1. The molecule has 0 radical (unpaired) electrons. The third kappa shape index (κ3) is 5.67. The van der Waals surface area contributed by atoms with Crippen molar-refractivity contribution in [2.24, 2.45) is 0 Å². The molecule has 0 unspecified atom stereocenters. The molecule has 22 heavy (non-hydrogen) atoms. The summed E-state index contributed by atoms with van der Waals surface area (Å²) in [5, 5.41) is 17.0. The van der Waals surface area contributed by atoms with Crippen LogP contribution in [0.2, 0.25) is 0 Å². The van der Waals surface area contributed by atoms with E-state index in [2.05, 4.69) is 67.6 Å². The lowest BCUT2D eigenvalue weighted by atomic mass is 9.86. The fourth-order valence-electron chi connectivity index (χ4n) is 1.88. The number of aliphatic carboxylic acids is 1. The number of benzene rings is 2. The van der Waals surface area contributed by atoms with Crippen LogP contribution in [0.5, 0.6) is 5.75 Å². The molecule has 0 aliphatic carbocycles. The number of carbonyl (C=O) groups is 1. The smallest absolute Gasteiger partial charge is 0.300 e. The average Bonchev–Trinajstić information content (AvgIpc) is 2.40. The second-order valence-corrected chi connectivity index (χ2v) is 7.17. The van der Waals surface area contributed by atoms with E-state index in [0.29, 0.717) is 5.75 Å². The van der Waals surface area contributed by atoms with Crippen LogP contribution >= 0.6 is 22.6 Å². The Balaban J connectivity index is 0.000000541.